The van der Waals surface area contributed by atoms with E-state index in [9.17, 15) is 4.79 Å². The summed E-state index contributed by atoms with van der Waals surface area (Å²) in [4.78, 5) is 16.8. The molecule has 138 valence electrons. The van der Waals surface area contributed by atoms with Crippen LogP contribution in [0.5, 0.6) is 11.5 Å². The number of benzene rings is 2. The van der Waals surface area contributed by atoms with Gasteiger partial charge in [0, 0.05) is 28.5 Å². The smallest absolute Gasteiger partial charge is 0.255 e. The van der Waals surface area contributed by atoms with Crippen LogP contribution in [-0.4, -0.2) is 25.1 Å². The molecule has 7 heteroatoms. The molecule has 1 aromatic heterocycles. The van der Waals surface area contributed by atoms with Crippen LogP contribution >= 0.6 is 11.6 Å². The fraction of sp³-hybridized carbons (Fsp3) is 0.100. The second-order valence-corrected chi connectivity index (χ2v) is 6.02. The number of anilines is 3. The van der Waals surface area contributed by atoms with E-state index in [0.717, 1.165) is 0 Å². The van der Waals surface area contributed by atoms with Crippen LogP contribution in [0, 0.1) is 0 Å². The maximum atomic E-state index is 12.5. The second-order valence-electron chi connectivity index (χ2n) is 5.59. The summed E-state index contributed by atoms with van der Waals surface area (Å²) in [7, 11) is 3.14. The molecule has 0 unspecified atom stereocenters. The Morgan fingerprint density at radius 3 is 2.67 bits per heavy atom. The lowest BCUT2D eigenvalue weighted by Crippen LogP contribution is -2.12. The van der Waals surface area contributed by atoms with E-state index in [1.165, 1.54) is 0 Å². The summed E-state index contributed by atoms with van der Waals surface area (Å²) in [6.45, 7) is 0. The van der Waals surface area contributed by atoms with Crippen LogP contribution in [0.1, 0.15) is 10.4 Å². The number of hydrogen-bond acceptors (Lipinski definition) is 5. The van der Waals surface area contributed by atoms with Gasteiger partial charge in [-0.25, -0.2) is 4.98 Å². The van der Waals surface area contributed by atoms with Crippen molar-refractivity contribution in [1.82, 2.24) is 4.98 Å². The summed E-state index contributed by atoms with van der Waals surface area (Å²) >= 11 is 6.05. The molecule has 1 amide bonds. The molecule has 2 aromatic carbocycles. The van der Waals surface area contributed by atoms with E-state index in [-0.39, 0.29) is 5.91 Å². The molecule has 0 aliphatic carbocycles. The molecule has 0 fully saturated rings. The molecular weight excluding hydrogens is 366 g/mol. The van der Waals surface area contributed by atoms with Crippen molar-refractivity contribution in [2.24, 2.45) is 0 Å². The zero-order valence-electron chi connectivity index (χ0n) is 14.8. The number of rotatable bonds is 6. The van der Waals surface area contributed by atoms with Gasteiger partial charge in [0.25, 0.3) is 5.91 Å². The normalized spacial score (nSPS) is 10.2. The number of methoxy groups -OCH3 is 2. The van der Waals surface area contributed by atoms with Crippen LogP contribution in [0.2, 0.25) is 5.02 Å². The zero-order chi connectivity index (χ0) is 19.2. The van der Waals surface area contributed by atoms with Crippen molar-refractivity contribution < 1.29 is 14.3 Å². The van der Waals surface area contributed by atoms with Crippen molar-refractivity contribution in [2.45, 2.75) is 0 Å². The molecule has 3 rings (SSSR count). The lowest BCUT2D eigenvalue weighted by Gasteiger charge is -2.12. The fourth-order valence-corrected chi connectivity index (χ4v) is 2.63. The minimum Gasteiger partial charge on any atom is -0.497 e. The van der Waals surface area contributed by atoms with E-state index >= 15 is 0 Å². The Balaban J connectivity index is 1.79. The lowest BCUT2D eigenvalue weighted by molar-refractivity contribution is 0.102. The number of aromatic nitrogens is 1. The largest absolute Gasteiger partial charge is 0.497 e. The summed E-state index contributed by atoms with van der Waals surface area (Å²) in [5.74, 6) is 1.52. The van der Waals surface area contributed by atoms with Gasteiger partial charge in [0.2, 0.25) is 0 Å². The quantitative estimate of drug-likeness (QED) is 0.642. The Kier molecular flexibility index (Phi) is 5.78. The molecule has 0 spiro atoms. The minimum absolute atomic E-state index is 0.258. The maximum Gasteiger partial charge on any atom is 0.255 e. The van der Waals surface area contributed by atoms with Crippen molar-refractivity contribution in [2.75, 3.05) is 24.9 Å². The number of carbonyl (C=O) groups excluding carboxylic acids is 1. The number of hydrogen-bond donors (Lipinski definition) is 2. The third-order valence-corrected chi connectivity index (χ3v) is 4.01. The summed E-state index contributed by atoms with van der Waals surface area (Å²) in [6, 6.07) is 15.6. The zero-order valence-corrected chi connectivity index (χ0v) is 15.6. The van der Waals surface area contributed by atoms with Gasteiger partial charge in [-0.05, 0) is 42.5 Å². The van der Waals surface area contributed by atoms with Gasteiger partial charge in [0.05, 0.1) is 19.9 Å². The molecule has 1 heterocycles. The highest BCUT2D eigenvalue weighted by molar-refractivity contribution is 6.31. The molecule has 27 heavy (non-hydrogen) atoms. The molecule has 0 atom stereocenters. The first-order chi connectivity index (χ1) is 13.1. The van der Waals surface area contributed by atoms with Crippen LogP contribution in [0.4, 0.5) is 17.2 Å². The Morgan fingerprint density at radius 2 is 1.89 bits per heavy atom. The van der Waals surface area contributed by atoms with E-state index in [2.05, 4.69) is 15.6 Å². The highest BCUT2D eigenvalue weighted by atomic mass is 35.5. The van der Waals surface area contributed by atoms with Crippen molar-refractivity contribution in [3.63, 3.8) is 0 Å². The number of amides is 1. The van der Waals surface area contributed by atoms with Crippen molar-refractivity contribution >= 4 is 34.7 Å². The van der Waals surface area contributed by atoms with Crippen LogP contribution in [-0.2, 0) is 0 Å². The SMILES string of the molecule is COc1cccc(NC(=O)c2ccnc(Nc3cc(Cl)ccc3OC)c2)c1. The van der Waals surface area contributed by atoms with Crippen LogP contribution < -0.4 is 20.1 Å². The maximum absolute atomic E-state index is 12.5. The second kappa shape index (κ2) is 8.42. The van der Waals surface area contributed by atoms with Crippen LogP contribution in [0.3, 0.4) is 0 Å². The first-order valence-electron chi connectivity index (χ1n) is 8.11. The molecule has 2 N–H and O–H groups in total. The van der Waals surface area contributed by atoms with Gasteiger partial charge in [0.15, 0.2) is 0 Å². The molecule has 6 nitrogen and oxygen atoms in total. The fourth-order valence-electron chi connectivity index (χ4n) is 2.46. The van der Waals surface area contributed by atoms with Crippen molar-refractivity contribution in [3.8, 4) is 11.5 Å². The molecule has 0 radical (unpaired) electrons. The van der Waals surface area contributed by atoms with Gasteiger partial charge in [-0.1, -0.05) is 17.7 Å². The predicted octanol–water partition coefficient (Wildman–Crippen LogP) is 4.75. The summed E-state index contributed by atoms with van der Waals surface area (Å²) in [6.07, 6.45) is 1.56. The molecule has 3 aromatic rings. The Hall–Kier alpha value is -3.25. The number of ether oxygens (including phenoxy) is 2. The van der Waals surface area contributed by atoms with Gasteiger partial charge in [-0.2, -0.15) is 0 Å². The molecule has 0 bridgehead atoms. The molecule has 0 aliphatic rings. The van der Waals surface area contributed by atoms with Gasteiger partial charge in [0.1, 0.15) is 17.3 Å². The van der Waals surface area contributed by atoms with Crippen molar-refractivity contribution in [3.05, 3.63) is 71.4 Å². The molecule has 0 saturated heterocycles. The van der Waals surface area contributed by atoms with Crippen LogP contribution in [0.15, 0.2) is 60.8 Å². The van der Waals surface area contributed by atoms with E-state index in [1.54, 1.807) is 68.9 Å². The molecule has 0 aliphatic heterocycles. The van der Waals surface area contributed by atoms with E-state index in [0.29, 0.717) is 39.3 Å². The Bertz CT molecular complexity index is 963. The first-order valence-corrected chi connectivity index (χ1v) is 8.49. The lowest BCUT2D eigenvalue weighted by atomic mass is 10.2. The monoisotopic (exact) mass is 383 g/mol. The molecular formula is C20H18ClN3O3. The van der Waals surface area contributed by atoms with Crippen molar-refractivity contribution in [1.29, 1.82) is 0 Å². The van der Waals surface area contributed by atoms with Crippen LogP contribution in [0.25, 0.3) is 0 Å². The van der Waals surface area contributed by atoms with E-state index in [1.807, 2.05) is 6.07 Å². The van der Waals surface area contributed by atoms with Gasteiger partial charge < -0.3 is 20.1 Å². The van der Waals surface area contributed by atoms with Gasteiger partial charge in [-0.15, -0.1) is 0 Å². The number of halogens is 1. The highest BCUT2D eigenvalue weighted by Crippen LogP contribution is 2.30. The Labute approximate surface area is 162 Å². The number of pyridine rings is 1. The topological polar surface area (TPSA) is 72.5 Å². The average molecular weight is 384 g/mol. The number of carbonyl (C=O) groups is 1. The average Bonchev–Trinajstić information content (AvgIpc) is 2.68. The van der Waals surface area contributed by atoms with E-state index < -0.39 is 0 Å². The summed E-state index contributed by atoms with van der Waals surface area (Å²) < 4.78 is 10.5. The predicted molar refractivity (Wildman–Crippen MR) is 106 cm³/mol. The van der Waals surface area contributed by atoms with Gasteiger partial charge in [-0.3, -0.25) is 4.79 Å². The number of nitrogens with zero attached hydrogens (tertiary/aromatic N) is 1. The molecule has 0 saturated carbocycles. The summed E-state index contributed by atoms with van der Waals surface area (Å²) in [5, 5.41) is 6.52. The highest BCUT2D eigenvalue weighted by Gasteiger charge is 2.10. The first kappa shape index (κ1) is 18.5. The minimum atomic E-state index is -0.258. The van der Waals surface area contributed by atoms with E-state index in [4.69, 9.17) is 21.1 Å². The van der Waals surface area contributed by atoms with Gasteiger partial charge >= 0.3 is 0 Å². The third kappa shape index (κ3) is 4.68. The number of nitrogens with one attached hydrogen (secondary N) is 2. The summed E-state index contributed by atoms with van der Waals surface area (Å²) in [5.41, 5.74) is 1.75. The standard InChI is InChI=1S/C20H18ClN3O3/c1-26-16-5-3-4-15(12-16)23-20(25)13-8-9-22-19(10-13)24-17-11-14(21)6-7-18(17)27-2/h3-12H,1-2H3,(H,22,24)(H,23,25). The Morgan fingerprint density at radius 1 is 1.04 bits per heavy atom. The third-order valence-electron chi connectivity index (χ3n) is 3.77.